The molecule has 5 nitrogen and oxygen atoms in total. The fourth-order valence-electron chi connectivity index (χ4n) is 2.05. The first-order valence-corrected chi connectivity index (χ1v) is 8.02. The zero-order valence-corrected chi connectivity index (χ0v) is 14.4. The van der Waals surface area contributed by atoms with Gasteiger partial charge in [0.25, 0.3) is 5.91 Å². The predicted octanol–water partition coefficient (Wildman–Crippen LogP) is 3.34. The molecule has 0 fully saturated rings. The van der Waals surface area contributed by atoms with Crippen LogP contribution in [0.4, 0.5) is 10.2 Å². The normalized spacial score (nSPS) is 11.7. The van der Waals surface area contributed by atoms with Gasteiger partial charge < -0.3 is 11.1 Å². The maximum Gasteiger partial charge on any atom is 0.272 e. The van der Waals surface area contributed by atoms with E-state index in [0.29, 0.717) is 23.8 Å². The van der Waals surface area contributed by atoms with Crippen LogP contribution in [0.5, 0.6) is 0 Å². The molecule has 1 heterocycles. The molecule has 0 aliphatic heterocycles. The monoisotopic (exact) mass is 360 g/mol. The van der Waals surface area contributed by atoms with Crippen LogP contribution in [0, 0.1) is 5.82 Å². The molecule has 7 heteroatoms. The van der Waals surface area contributed by atoms with E-state index < -0.39 is 5.91 Å². The van der Waals surface area contributed by atoms with Gasteiger partial charge in [0.15, 0.2) is 0 Å². The molecule has 1 aromatic heterocycles. The summed E-state index contributed by atoms with van der Waals surface area (Å²) in [6.45, 7) is 2.49. The molecule has 2 aromatic rings. The molecule has 0 unspecified atom stereocenters. The molecule has 1 amide bonds. The minimum atomic E-state index is -0.459. The van der Waals surface area contributed by atoms with E-state index in [1.54, 1.807) is 24.4 Å². The van der Waals surface area contributed by atoms with Gasteiger partial charge in [0, 0.05) is 24.0 Å². The Kier molecular flexibility index (Phi) is 6.65. The lowest BCUT2D eigenvalue weighted by atomic mass is 10.1. The average Bonchev–Trinajstić information content (AvgIpc) is 2.56. The number of anilines is 1. The standard InChI is InChI=1S/C18H18ClFN4O/c1-2-22-6-5-16(21)18(25)24-17-4-3-12(11-23-17)7-13-8-14(19)10-15(20)9-13/h3-6,8-11H,2,7,21H2,1H3,(H,23,24,25). The van der Waals surface area contributed by atoms with E-state index in [4.69, 9.17) is 17.3 Å². The number of pyridine rings is 1. The number of allylic oxidation sites excluding steroid dienone is 1. The van der Waals surface area contributed by atoms with Crippen LogP contribution in [0.1, 0.15) is 18.1 Å². The van der Waals surface area contributed by atoms with Crippen LogP contribution in [0.25, 0.3) is 0 Å². The predicted molar refractivity (Wildman–Crippen MR) is 98.4 cm³/mol. The number of carbonyl (C=O) groups is 1. The number of rotatable bonds is 6. The van der Waals surface area contributed by atoms with Crippen molar-refractivity contribution in [1.82, 2.24) is 4.98 Å². The van der Waals surface area contributed by atoms with Gasteiger partial charge in [-0.25, -0.2) is 9.37 Å². The Morgan fingerprint density at radius 1 is 1.36 bits per heavy atom. The van der Waals surface area contributed by atoms with Gasteiger partial charge in [-0.15, -0.1) is 0 Å². The van der Waals surface area contributed by atoms with Crippen LogP contribution >= 0.6 is 11.6 Å². The number of hydrogen-bond donors (Lipinski definition) is 2. The van der Waals surface area contributed by atoms with E-state index in [0.717, 1.165) is 11.1 Å². The number of halogens is 2. The molecular formula is C18H18ClFN4O. The third-order valence-electron chi connectivity index (χ3n) is 3.20. The van der Waals surface area contributed by atoms with E-state index in [-0.39, 0.29) is 11.5 Å². The molecule has 2 rings (SSSR count). The van der Waals surface area contributed by atoms with Crippen LogP contribution in [0.3, 0.4) is 0 Å². The number of nitrogens with one attached hydrogen (secondary N) is 1. The van der Waals surface area contributed by atoms with E-state index >= 15 is 0 Å². The highest BCUT2D eigenvalue weighted by Crippen LogP contribution is 2.17. The minimum Gasteiger partial charge on any atom is -0.394 e. The Morgan fingerprint density at radius 2 is 2.16 bits per heavy atom. The van der Waals surface area contributed by atoms with Crippen LogP contribution in [-0.2, 0) is 11.2 Å². The summed E-state index contributed by atoms with van der Waals surface area (Å²) < 4.78 is 13.4. The van der Waals surface area contributed by atoms with Gasteiger partial charge in [0.2, 0.25) is 0 Å². The molecule has 0 spiro atoms. The number of nitrogens with zero attached hydrogens (tertiary/aromatic N) is 2. The number of aliphatic imine (C=N–C) groups is 1. The smallest absolute Gasteiger partial charge is 0.272 e. The highest BCUT2D eigenvalue weighted by atomic mass is 35.5. The van der Waals surface area contributed by atoms with Crippen LogP contribution in [0.2, 0.25) is 5.02 Å². The fourth-order valence-corrected chi connectivity index (χ4v) is 2.30. The first-order chi connectivity index (χ1) is 12.0. The molecule has 0 saturated heterocycles. The molecule has 25 heavy (non-hydrogen) atoms. The lowest BCUT2D eigenvalue weighted by molar-refractivity contribution is -0.112. The molecule has 0 atom stereocenters. The molecule has 0 radical (unpaired) electrons. The maximum atomic E-state index is 13.4. The zero-order chi connectivity index (χ0) is 18.2. The molecule has 1 aromatic carbocycles. The number of nitrogens with two attached hydrogens (primary N) is 1. The van der Waals surface area contributed by atoms with Gasteiger partial charge in [0.05, 0.1) is 5.70 Å². The number of benzene rings is 1. The summed E-state index contributed by atoms with van der Waals surface area (Å²) in [7, 11) is 0. The van der Waals surface area contributed by atoms with Crippen molar-refractivity contribution in [2.45, 2.75) is 13.3 Å². The number of aromatic nitrogens is 1. The van der Waals surface area contributed by atoms with Crippen molar-refractivity contribution in [1.29, 1.82) is 0 Å². The highest BCUT2D eigenvalue weighted by molar-refractivity contribution is 6.30. The summed E-state index contributed by atoms with van der Waals surface area (Å²) in [5.74, 6) is -0.470. The van der Waals surface area contributed by atoms with Crippen molar-refractivity contribution in [3.63, 3.8) is 0 Å². The SMILES string of the molecule is CCN=CC=C(N)C(=O)Nc1ccc(Cc2cc(F)cc(Cl)c2)cn1. The molecule has 0 aliphatic rings. The average molecular weight is 361 g/mol. The molecule has 130 valence electrons. The summed E-state index contributed by atoms with van der Waals surface area (Å²) in [5.41, 5.74) is 7.29. The first-order valence-electron chi connectivity index (χ1n) is 7.64. The molecule has 0 saturated carbocycles. The van der Waals surface area contributed by atoms with Gasteiger partial charge in [-0.05, 0) is 54.8 Å². The Balaban J connectivity index is 2.01. The first kappa shape index (κ1) is 18.6. The zero-order valence-electron chi connectivity index (χ0n) is 13.7. The minimum absolute atomic E-state index is 0.0393. The third-order valence-corrected chi connectivity index (χ3v) is 3.42. The van der Waals surface area contributed by atoms with Crippen molar-refractivity contribution in [2.75, 3.05) is 11.9 Å². The van der Waals surface area contributed by atoms with Crippen molar-refractivity contribution in [3.8, 4) is 0 Å². The Hall–Kier alpha value is -2.73. The summed E-state index contributed by atoms with van der Waals surface area (Å²) >= 11 is 5.84. The van der Waals surface area contributed by atoms with Gasteiger partial charge in [-0.1, -0.05) is 17.7 Å². The molecule has 0 aliphatic carbocycles. The van der Waals surface area contributed by atoms with Crippen LogP contribution in [-0.4, -0.2) is 23.7 Å². The number of carbonyl (C=O) groups excluding carboxylic acids is 1. The Morgan fingerprint density at radius 3 is 2.80 bits per heavy atom. The fraction of sp³-hybridized carbons (Fsp3) is 0.167. The van der Waals surface area contributed by atoms with Gasteiger partial charge >= 0.3 is 0 Å². The Labute approximate surface area is 150 Å². The van der Waals surface area contributed by atoms with E-state index in [1.165, 1.54) is 24.4 Å². The second-order valence-corrected chi connectivity index (χ2v) is 5.67. The molecular weight excluding hydrogens is 343 g/mol. The number of amides is 1. The second kappa shape index (κ2) is 8.94. The van der Waals surface area contributed by atoms with Gasteiger partial charge in [0.1, 0.15) is 11.6 Å². The van der Waals surface area contributed by atoms with Crippen molar-refractivity contribution >= 4 is 29.5 Å². The highest BCUT2D eigenvalue weighted by Gasteiger charge is 2.07. The maximum absolute atomic E-state index is 13.4. The van der Waals surface area contributed by atoms with E-state index in [1.807, 2.05) is 6.92 Å². The largest absolute Gasteiger partial charge is 0.394 e. The van der Waals surface area contributed by atoms with Crippen LogP contribution < -0.4 is 11.1 Å². The molecule has 0 bridgehead atoms. The van der Waals surface area contributed by atoms with Gasteiger partial charge in [-0.3, -0.25) is 9.79 Å². The van der Waals surface area contributed by atoms with E-state index in [2.05, 4.69) is 15.3 Å². The second-order valence-electron chi connectivity index (χ2n) is 5.23. The number of hydrogen-bond acceptors (Lipinski definition) is 4. The summed E-state index contributed by atoms with van der Waals surface area (Å²) in [5, 5.41) is 2.94. The summed E-state index contributed by atoms with van der Waals surface area (Å²) in [4.78, 5) is 20.0. The van der Waals surface area contributed by atoms with E-state index in [9.17, 15) is 9.18 Å². The lowest BCUT2D eigenvalue weighted by Crippen LogP contribution is -2.20. The Bertz CT molecular complexity index is 783. The summed E-state index contributed by atoms with van der Waals surface area (Å²) in [6.07, 6.45) is 5.00. The third kappa shape index (κ3) is 6.00. The molecule has 3 N–H and O–H groups in total. The quantitative estimate of drug-likeness (QED) is 0.612. The topological polar surface area (TPSA) is 80.4 Å². The van der Waals surface area contributed by atoms with Crippen molar-refractivity contribution < 1.29 is 9.18 Å². The van der Waals surface area contributed by atoms with Crippen molar-refractivity contribution in [3.05, 3.63) is 70.3 Å². The van der Waals surface area contributed by atoms with Crippen molar-refractivity contribution in [2.24, 2.45) is 10.7 Å². The van der Waals surface area contributed by atoms with Crippen LogP contribution in [0.15, 0.2) is 53.3 Å². The summed E-state index contributed by atoms with van der Waals surface area (Å²) in [6, 6.07) is 7.82. The lowest BCUT2D eigenvalue weighted by Gasteiger charge is -2.06. The van der Waals surface area contributed by atoms with Gasteiger partial charge in [-0.2, -0.15) is 0 Å².